The lowest BCUT2D eigenvalue weighted by Gasteiger charge is -2.22. The van der Waals surface area contributed by atoms with Crippen LogP contribution in [0.4, 0.5) is 0 Å². The molecule has 98 valence electrons. The van der Waals surface area contributed by atoms with Gasteiger partial charge in [0.2, 0.25) is 0 Å². The van der Waals surface area contributed by atoms with E-state index in [0.717, 1.165) is 0 Å². The van der Waals surface area contributed by atoms with Crippen molar-refractivity contribution in [3.05, 3.63) is 34.2 Å². The number of pyridine rings is 1. The number of hydrogen-bond acceptors (Lipinski definition) is 3. The van der Waals surface area contributed by atoms with Crippen molar-refractivity contribution in [3.63, 3.8) is 0 Å². The molecule has 1 amide bonds. The maximum absolute atomic E-state index is 12.1. The molecule has 6 nitrogen and oxygen atoms in total. The molecule has 0 spiro atoms. The lowest BCUT2D eigenvalue weighted by Crippen LogP contribution is -2.39. The Morgan fingerprint density at radius 3 is 2.67 bits per heavy atom. The highest BCUT2D eigenvalue weighted by Crippen LogP contribution is 2.04. The smallest absolute Gasteiger partial charge is 0.308 e. The summed E-state index contributed by atoms with van der Waals surface area (Å²) in [6, 6.07) is 2.98. The molecule has 0 aliphatic rings. The summed E-state index contributed by atoms with van der Waals surface area (Å²) in [4.78, 5) is 38.1. The van der Waals surface area contributed by atoms with E-state index in [1.54, 1.807) is 13.0 Å². The van der Waals surface area contributed by atoms with Crippen molar-refractivity contribution in [2.24, 2.45) is 5.92 Å². The van der Waals surface area contributed by atoms with Crippen LogP contribution in [0.1, 0.15) is 24.2 Å². The predicted octanol–water partition coefficient (Wildman–Crippen LogP) is 0.558. The highest BCUT2D eigenvalue weighted by Gasteiger charge is 2.21. The number of carbonyl (C=O) groups excluding carboxylic acids is 1. The second-order valence-electron chi connectivity index (χ2n) is 4.00. The Kier molecular flexibility index (Phi) is 4.65. The molecule has 1 aromatic heterocycles. The quantitative estimate of drug-likeness (QED) is 0.801. The van der Waals surface area contributed by atoms with Crippen LogP contribution >= 0.6 is 0 Å². The molecule has 6 heteroatoms. The molecular weight excluding hydrogens is 236 g/mol. The molecule has 0 saturated heterocycles. The number of nitrogens with zero attached hydrogens (tertiary/aromatic N) is 1. The number of aromatic amines is 1. The van der Waals surface area contributed by atoms with Gasteiger partial charge in [-0.3, -0.25) is 14.4 Å². The molecule has 1 unspecified atom stereocenters. The highest BCUT2D eigenvalue weighted by molar-refractivity contribution is 5.94. The van der Waals surface area contributed by atoms with Crippen molar-refractivity contribution in [1.29, 1.82) is 0 Å². The second-order valence-corrected chi connectivity index (χ2v) is 4.00. The van der Waals surface area contributed by atoms with Gasteiger partial charge in [0.25, 0.3) is 11.5 Å². The van der Waals surface area contributed by atoms with Crippen molar-refractivity contribution in [2.75, 3.05) is 13.1 Å². The van der Waals surface area contributed by atoms with Gasteiger partial charge in [0, 0.05) is 19.3 Å². The van der Waals surface area contributed by atoms with Crippen molar-refractivity contribution >= 4 is 11.9 Å². The SMILES string of the molecule is CCN(CC(C)C(=O)O)C(=O)c1ccc[nH]c1=O. The average Bonchev–Trinajstić information content (AvgIpc) is 2.35. The zero-order chi connectivity index (χ0) is 13.7. The van der Waals surface area contributed by atoms with Crippen LogP contribution in [0, 0.1) is 5.92 Å². The summed E-state index contributed by atoms with van der Waals surface area (Å²) in [5, 5.41) is 8.83. The van der Waals surface area contributed by atoms with Crippen LogP contribution < -0.4 is 5.56 Å². The van der Waals surface area contributed by atoms with Crippen LogP contribution in [-0.2, 0) is 4.79 Å². The summed E-state index contributed by atoms with van der Waals surface area (Å²) in [5.74, 6) is -2.09. The van der Waals surface area contributed by atoms with E-state index in [-0.39, 0.29) is 12.1 Å². The molecule has 0 aliphatic heterocycles. The maximum atomic E-state index is 12.1. The Hall–Kier alpha value is -2.11. The van der Waals surface area contributed by atoms with Crippen LogP contribution in [0.15, 0.2) is 23.1 Å². The standard InChI is InChI=1S/C12H16N2O4/c1-3-14(7-8(2)12(17)18)11(16)9-5-4-6-13-10(9)15/h4-6,8H,3,7H2,1-2H3,(H,13,15)(H,17,18). The summed E-state index contributed by atoms with van der Waals surface area (Å²) < 4.78 is 0. The van der Waals surface area contributed by atoms with E-state index in [2.05, 4.69) is 4.98 Å². The Bertz CT molecular complexity index is 495. The molecule has 1 heterocycles. The normalized spacial score (nSPS) is 11.9. The van der Waals surface area contributed by atoms with Gasteiger partial charge in [-0.1, -0.05) is 6.92 Å². The van der Waals surface area contributed by atoms with Crippen LogP contribution in [0.2, 0.25) is 0 Å². The van der Waals surface area contributed by atoms with Crippen molar-refractivity contribution in [1.82, 2.24) is 9.88 Å². The van der Waals surface area contributed by atoms with E-state index in [9.17, 15) is 14.4 Å². The fourth-order valence-corrected chi connectivity index (χ4v) is 1.52. The summed E-state index contributed by atoms with van der Waals surface area (Å²) >= 11 is 0. The number of amides is 1. The lowest BCUT2D eigenvalue weighted by molar-refractivity contribution is -0.141. The number of H-pyrrole nitrogens is 1. The van der Waals surface area contributed by atoms with Crippen LogP contribution in [-0.4, -0.2) is 40.0 Å². The van der Waals surface area contributed by atoms with E-state index in [4.69, 9.17) is 5.11 Å². The molecule has 18 heavy (non-hydrogen) atoms. The number of carbonyl (C=O) groups is 2. The van der Waals surface area contributed by atoms with Gasteiger partial charge < -0.3 is 15.0 Å². The van der Waals surface area contributed by atoms with Gasteiger partial charge in [0.1, 0.15) is 5.56 Å². The highest BCUT2D eigenvalue weighted by atomic mass is 16.4. The topological polar surface area (TPSA) is 90.5 Å². The van der Waals surface area contributed by atoms with Gasteiger partial charge >= 0.3 is 5.97 Å². The third kappa shape index (κ3) is 3.19. The molecule has 1 aromatic rings. The zero-order valence-corrected chi connectivity index (χ0v) is 10.3. The van der Waals surface area contributed by atoms with E-state index in [1.807, 2.05) is 0 Å². The molecule has 1 rings (SSSR count). The Labute approximate surface area is 104 Å². The number of nitrogens with one attached hydrogen (secondary N) is 1. The largest absolute Gasteiger partial charge is 0.481 e. The maximum Gasteiger partial charge on any atom is 0.308 e. The number of carboxylic acids is 1. The third-order valence-electron chi connectivity index (χ3n) is 2.63. The summed E-state index contributed by atoms with van der Waals surface area (Å²) in [6.45, 7) is 3.70. The molecule has 0 radical (unpaired) electrons. The first-order chi connectivity index (χ1) is 8.47. The number of carboxylic acid groups (broad SMARTS) is 1. The minimum absolute atomic E-state index is 0.0249. The van der Waals surface area contributed by atoms with Gasteiger partial charge in [0.15, 0.2) is 0 Å². The monoisotopic (exact) mass is 252 g/mol. The van der Waals surface area contributed by atoms with Crippen molar-refractivity contribution in [2.45, 2.75) is 13.8 Å². The number of aliphatic carboxylic acids is 1. The lowest BCUT2D eigenvalue weighted by atomic mass is 10.1. The molecular formula is C12H16N2O4. The first kappa shape index (κ1) is 14.0. The van der Waals surface area contributed by atoms with Gasteiger partial charge in [-0.15, -0.1) is 0 Å². The van der Waals surface area contributed by atoms with Crippen molar-refractivity contribution < 1.29 is 14.7 Å². The van der Waals surface area contributed by atoms with E-state index < -0.39 is 23.4 Å². The molecule has 2 N–H and O–H groups in total. The zero-order valence-electron chi connectivity index (χ0n) is 10.3. The summed E-state index contributed by atoms with van der Waals surface area (Å²) in [6.07, 6.45) is 1.44. The molecule has 0 bridgehead atoms. The Balaban J connectivity index is 2.90. The number of rotatable bonds is 5. The third-order valence-corrected chi connectivity index (χ3v) is 2.63. The molecule has 0 saturated carbocycles. The molecule has 0 aromatic carbocycles. The molecule has 0 aliphatic carbocycles. The first-order valence-corrected chi connectivity index (χ1v) is 5.67. The second kappa shape index (κ2) is 6.00. The van der Waals surface area contributed by atoms with Crippen LogP contribution in [0.25, 0.3) is 0 Å². The molecule has 1 atom stereocenters. The van der Waals surface area contributed by atoms with Crippen molar-refractivity contribution in [3.8, 4) is 0 Å². The van der Waals surface area contributed by atoms with E-state index in [1.165, 1.54) is 24.1 Å². The Morgan fingerprint density at radius 2 is 2.17 bits per heavy atom. The van der Waals surface area contributed by atoms with Gasteiger partial charge in [-0.2, -0.15) is 0 Å². The average molecular weight is 252 g/mol. The molecule has 0 fully saturated rings. The fourth-order valence-electron chi connectivity index (χ4n) is 1.52. The first-order valence-electron chi connectivity index (χ1n) is 5.67. The fraction of sp³-hybridized carbons (Fsp3) is 0.417. The number of aromatic nitrogens is 1. The minimum atomic E-state index is -0.969. The van der Waals surface area contributed by atoms with Gasteiger partial charge in [-0.25, -0.2) is 0 Å². The van der Waals surface area contributed by atoms with Crippen LogP contribution in [0.3, 0.4) is 0 Å². The van der Waals surface area contributed by atoms with E-state index >= 15 is 0 Å². The van der Waals surface area contributed by atoms with Crippen LogP contribution in [0.5, 0.6) is 0 Å². The Morgan fingerprint density at radius 1 is 1.50 bits per heavy atom. The van der Waals surface area contributed by atoms with Gasteiger partial charge in [0.05, 0.1) is 5.92 Å². The summed E-state index contributed by atoms with van der Waals surface area (Å²) in [7, 11) is 0. The minimum Gasteiger partial charge on any atom is -0.481 e. The van der Waals surface area contributed by atoms with E-state index in [0.29, 0.717) is 6.54 Å². The van der Waals surface area contributed by atoms with Gasteiger partial charge in [-0.05, 0) is 19.1 Å². The summed E-state index contributed by atoms with van der Waals surface area (Å²) in [5.41, 5.74) is -0.444. The number of hydrogen-bond donors (Lipinski definition) is 2. The predicted molar refractivity (Wildman–Crippen MR) is 65.4 cm³/mol.